The molecule has 2 heterocycles. The van der Waals surface area contributed by atoms with Crippen LogP contribution in [-0.4, -0.2) is 18.0 Å². The molecule has 0 unspecified atom stereocenters. The van der Waals surface area contributed by atoms with Gasteiger partial charge in [-0.25, -0.2) is 4.98 Å². The predicted molar refractivity (Wildman–Crippen MR) is 129 cm³/mol. The number of rotatable bonds is 5. The van der Waals surface area contributed by atoms with Crippen LogP contribution in [0, 0.1) is 20.8 Å². The van der Waals surface area contributed by atoms with Crippen LogP contribution < -0.4 is 10.1 Å². The summed E-state index contributed by atoms with van der Waals surface area (Å²) in [5.41, 5.74) is 7.63. The molecule has 5 heteroatoms. The number of furan rings is 1. The van der Waals surface area contributed by atoms with Crippen molar-refractivity contribution in [3.63, 3.8) is 0 Å². The Bertz CT molecular complexity index is 1330. The molecule has 32 heavy (non-hydrogen) atoms. The van der Waals surface area contributed by atoms with Gasteiger partial charge >= 0.3 is 0 Å². The second kappa shape index (κ2) is 8.71. The lowest BCUT2D eigenvalue weighted by Gasteiger charge is -2.13. The highest BCUT2D eigenvalue weighted by atomic mass is 16.5. The van der Waals surface area contributed by atoms with Crippen LogP contribution in [0.25, 0.3) is 27.7 Å². The Balaban J connectivity index is 1.76. The first kappa shape index (κ1) is 21.4. The number of allylic oxidation sites excluding steroid dienone is 1. The van der Waals surface area contributed by atoms with Crippen LogP contribution >= 0.6 is 0 Å². The second-order valence-corrected chi connectivity index (χ2v) is 8.01. The van der Waals surface area contributed by atoms with Crippen LogP contribution in [-0.2, 0) is 4.79 Å². The molecule has 2 aromatic carbocycles. The van der Waals surface area contributed by atoms with E-state index in [2.05, 4.69) is 41.5 Å². The lowest BCUT2D eigenvalue weighted by molar-refractivity contribution is -0.111. The minimum Gasteiger partial charge on any atom is -0.496 e. The number of pyridine rings is 1. The first-order valence-electron chi connectivity index (χ1n) is 10.5. The molecule has 0 fully saturated rings. The van der Waals surface area contributed by atoms with E-state index in [4.69, 9.17) is 9.15 Å². The first-order chi connectivity index (χ1) is 15.4. The molecule has 0 saturated heterocycles. The van der Waals surface area contributed by atoms with E-state index in [1.165, 1.54) is 5.56 Å². The quantitative estimate of drug-likeness (QED) is 0.371. The number of benzene rings is 2. The van der Waals surface area contributed by atoms with Gasteiger partial charge in [0.1, 0.15) is 17.2 Å². The van der Waals surface area contributed by atoms with Crippen molar-refractivity contribution in [1.82, 2.24) is 4.98 Å². The van der Waals surface area contributed by atoms with Gasteiger partial charge in [0.15, 0.2) is 0 Å². The van der Waals surface area contributed by atoms with Crippen LogP contribution in [0.1, 0.15) is 29.2 Å². The van der Waals surface area contributed by atoms with Crippen molar-refractivity contribution in [3.05, 3.63) is 83.3 Å². The number of carbonyl (C=O) groups is 1. The molecule has 0 bridgehead atoms. The molecule has 0 saturated carbocycles. The summed E-state index contributed by atoms with van der Waals surface area (Å²) in [5, 5.41) is 3.81. The van der Waals surface area contributed by atoms with Gasteiger partial charge in [-0.1, -0.05) is 29.8 Å². The average molecular weight is 427 g/mol. The van der Waals surface area contributed by atoms with Crippen LogP contribution in [0.3, 0.4) is 0 Å². The fourth-order valence-corrected chi connectivity index (χ4v) is 3.87. The molecule has 0 aliphatic heterocycles. The van der Waals surface area contributed by atoms with E-state index in [1.807, 2.05) is 39.0 Å². The van der Waals surface area contributed by atoms with E-state index in [0.29, 0.717) is 11.6 Å². The van der Waals surface area contributed by atoms with Crippen molar-refractivity contribution in [2.45, 2.75) is 27.7 Å². The molecule has 0 spiro atoms. The van der Waals surface area contributed by atoms with Crippen LogP contribution in [0.2, 0.25) is 0 Å². The third-order valence-electron chi connectivity index (χ3n) is 5.55. The molecule has 2 aromatic heterocycles. The molecule has 5 nitrogen and oxygen atoms in total. The molecular formula is C27H26N2O3. The summed E-state index contributed by atoms with van der Waals surface area (Å²) in [7, 11) is 1.63. The molecule has 162 valence electrons. The molecule has 0 aliphatic carbocycles. The fourth-order valence-electron chi connectivity index (χ4n) is 3.87. The molecule has 4 aromatic rings. The minimum atomic E-state index is -0.244. The molecule has 0 radical (unpaired) electrons. The molecule has 0 aliphatic rings. The number of aryl methyl sites for hydroxylation is 3. The third-order valence-corrected chi connectivity index (χ3v) is 5.55. The number of methoxy groups -OCH3 is 1. The van der Waals surface area contributed by atoms with Crippen LogP contribution in [0.15, 0.2) is 65.4 Å². The number of ether oxygens (including phenoxy) is 1. The number of nitrogens with zero attached hydrogens (tertiary/aromatic N) is 1. The number of hydrogen-bond donors (Lipinski definition) is 1. The molecule has 1 amide bonds. The van der Waals surface area contributed by atoms with Gasteiger partial charge in [-0.05, 0) is 62.6 Å². The van der Waals surface area contributed by atoms with Crippen molar-refractivity contribution in [2.24, 2.45) is 0 Å². The van der Waals surface area contributed by atoms with E-state index < -0.39 is 0 Å². The van der Waals surface area contributed by atoms with Crippen LogP contribution in [0.4, 0.5) is 5.82 Å². The number of nitrogens with one attached hydrogen (secondary N) is 1. The number of anilines is 1. The maximum atomic E-state index is 12.6. The zero-order valence-electron chi connectivity index (χ0n) is 18.9. The van der Waals surface area contributed by atoms with Gasteiger partial charge < -0.3 is 14.5 Å². The zero-order valence-corrected chi connectivity index (χ0v) is 18.9. The lowest BCUT2D eigenvalue weighted by Crippen LogP contribution is -2.10. The SMILES string of the molecule is COc1c(/C(C)=C/C(=O)Nc2cc(C)ccn2)cc2c(-c3ccc(C)cc3)coc2c1C. The van der Waals surface area contributed by atoms with Gasteiger partial charge in [0.05, 0.1) is 13.4 Å². The Morgan fingerprint density at radius 2 is 1.81 bits per heavy atom. The summed E-state index contributed by atoms with van der Waals surface area (Å²) in [6.45, 7) is 7.89. The normalized spacial score (nSPS) is 11.6. The Morgan fingerprint density at radius 1 is 1.06 bits per heavy atom. The average Bonchev–Trinajstić information content (AvgIpc) is 3.18. The fraction of sp³-hybridized carbons (Fsp3) is 0.185. The van der Waals surface area contributed by atoms with Crippen LogP contribution in [0.5, 0.6) is 5.75 Å². The zero-order chi connectivity index (χ0) is 22.8. The second-order valence-electron chi connectivity index (χ2n) is 8.01. The van der Waals surface area contributed by atoms with E-state index in [0.717, 1.165) is 44.4 Å². The highest BCUT2D eigenvalue weighted by Gasteiger charge is 2.19. The molecule has 4 rings (SSSR count). The number of amides is 1. The van der Waals surface area contributed by atoms with Crippen molar-refractivity contribution in [3.8, 4) is 16.9 Å². The lowest BCUT2D eigenvalue weighted by atomic mass is 9.96. The Kier molecular flexibility index (Phi) is 5.82. The maximum Gasteiger partial charge on any atom is 0.249 e. The van der Waals surface area contributed by atoms with Crippen molar-refractivity contribution in [1.29, 1.82) is 0 Å². The van der Waals surface area contributed by atoms with Gasteiger partial charge in [0.25, 0.3) is 0 Å². The first-order valence-corrected chi connectivity index (χ1v) is 10.5. The number of aromatic nitrogens is 1. The van der Waals surface area contributed by atoms with Gasteiger partial charge in [-0.15, -0.1) is 0 Å². The summed E-state index contributed by atoms with van der Waals surface area (Å²) < 4.78 is 11.6. The Morgan fingerprint density at radius 3 is 2.50 bits per heavy atom. The van der Waals surface area contributed by atoms with Crippen molar-refractivity contribution >= 4 is 28.3 Å². The smallest absolute Gasteiger partial charge is 0.249 e. The number of fused-ring (bicyclic) bond motifs is 1. The maximum absolute atomic E-state index is 12.6. The van der Waals surface area contributed by atoms with E-state index in [9.17, 15) is 4.79 Å². The molecular weight excluding hydrogens is 400 g/mol. The minimum absolute atomic E-state index is 0.244. The monoisotopic (exact) mass is 426 g/mol. The molecule has 0 atom stereocenters. The van der Waals surface area contributed by atoms with Gasteiger partial charge in [-0.2, -0.15) is 0 Å². The number of carbonyl (C=O) groups excluding carboxylic acids is 1. The topological polar surface area (TPSA) is 64.4 Å². The number of hydrogen-bond acceptors (Lipinski definition) is 4. The summed E-state index contributed by atoms with van der Waals surface area (Å²) in [5.74, 6) is 0.970. The summed E-state index contributed by atoms with van der Waals surface area (Å²) in [6.07, 6.45) is 5.02. The largest absolute Gasteiger partial charge is 0.496 e. The van der Waals surface area contributed by atoms with Crippen molar-refractivity contribution in [2.75, 3.05) is 12.4 Å². The van der Waals surface area contributed by atoms with Gasteiger partial charge in [0, 0.05) is 34.3 Å². The Labute approximate surface area is 187 Å². The van der Waals surface area contributed by atoms with E-state index >= 15 is 0 Å². The van der Waals surface area contributed by atoms with Gasteiger partial charge in [-0.3, -0.25) is 4.79 Å². The van der Waals surface area contributed by atoms with E-state index in [-0.39, 0.29) is 5.91 Å². The summed E-state index contributed by atoms with van der Waals surface area (Å²) in [6, 6.07) is 14.1. The standard InChI is InChI=1S/C27H26N2O3/c1-16-6-8-20(9-7-16)23-15-32-27-19(4)26(31-5)21(14-22(23)27)18(3)13-25(30)29-24-12-17(2)10-11-28-24/h6-15H,1-5H3,(H,28,29,30)/b18-13+. The molecule has 1 N–H and O–H groups in total. The van der Waals surface area contributed by atoms with E-state index in [1.54, 1.807) is 25.6 Å². The third kappa shape index (κ3) is 4.14. The summed E-state index contributed by atoms with van der Waals surface area (Å²) >= 11 is 0. The highest BCUT2D eigenvalue weighted by Crippen LogP contribution is 2.40. The van der Waals surface area contributed by atoms with Crippen molar-refractivity contribution < 1.29 is 13.9 Å². The highest BCUT2D eigenvalue weighted by molar-refractivity contribution is 6.05. The Hall–Kier alpha value is -3.86. The predicted octanol–water partition coefficient (Wildman–Crippen LogP) is 6.47. The summed E-state index contributed by atoms with van der Waals surface area (Å²) in [4.78, 5) is 16.8. The van der Waals surface area contributed by atoms with Gasteiger partial charge in [0.2, 0.25) is 5.91 Å².